The number of hydrogen-bond donors (Lipinski definition) is 0. The number of benzene rings is 6. The highest BCUT2D eigenvalue weighted by molar-refractivity contribution is 6.23. The van der Waals surface area contributed by atoms with Crippen LogP contribution >= 0.6 is 0 Å². The number of nitrogens with zero attached hydrogens (tertiary/aromatic N) is 2. The second-order valence-electron chi connectivity index (χ2n) is 10.3. The number of furan rings is 1. The van der Waals surface area contributed by atoms with Crippen LogP contribution in [-0.4, -0.2) is 9.97 Å². The Morgan fingerprint density at radius 3 is 1.95 bits per heavy atom. The number of rotatable bonds is 2. The van der Waals surface area contributed by atoms with Crippen molar-refractivity contribution in [3.8, 4) is 22.3 Å². The highest BCUT2D eigenvalue weighted by Crippen LogP contribution is 2.40. The number of aryl methyl sites for hydroxylation is 2. The van der Waals surface area contributed by atoms with Crippen LogP contribution < -0.4 is 0 Å². The largest absolute Gasteiger partial charge is 0.455 e. The Bertz CT molecular complexity index is 2220. The first kappa shape index (κ1) is 22.0. The molecule has 8 rings (SSSR count). The summed E-state index contributed by atoms with van der Waals surface area (Å²) in [6.07, 6.45) is 3.55. The summed E-state index contributed by atoms with van der Waals surface area (Å²) in [5.41, 5.74) is 11.0. The van der Waals surface area contributed by atoms with Gasteiger partial charge in [0.05, 0.1) is 11.0 Å². The van der Waals surface area contributed by atoms with Gasteiger partial charge >= 0.3 is 0 Å². The van der Waals surface area contributed by atoms with Gasteiger partial charge in [-0.3, -0.25) is 9.97 Å². The third kappa shape index (κ3) is 3.23. The summed E-state index contributed by atoms with van der Waals surface area (Å²) >= 11 is 0. The van der Waals surface area contributed by atoms with Crippen molar-refractivity contribution in [3.05, 3.63) is 121 Å². The molecule has 2 aromatic heterocycles. The molecule has 0 saturated carbocycles. The molecule has 6 aromatic carbocycles. The smallest absolute Gasteiger partial charge is 0.143 e. The standard InChI is InChI=1S/C36H24N2O/c1-21-19-31(29-12-7-11-28-25-9-5-6-13-33(25)39-36(28)29)22(2)18-30(21)23-14-15-27-32(20-23)24-8-3-4-10-26(24)34-35(27)38-17-16-37-34/h3-20H,1-2H3. The Hall–Kier alpha value is -5.02. The zero-order valence-corrected chi connectivity index (χ0v) is 21.7. The molecule has 0 unspecified atom stereocenters. The summed E-state index contributed by atoms with van der Waals surface area (Å²) in [6.45, 7) is 4.39. The zero-order valence-electron chi connectivity index (χ0n) is 21.7. The molecule has 0 N–H and O–H groups in total. The van der Waals surface area contributed by atoms with Crippen molar-refractivity contribution in [1.82, 2.24) is 9.97 Å². The van der Waals surface area contributed by atoms with Gasteiger partial charge in [0.25, 0.3) is 0 Å². The Morgan fingerprint density at radius 2 is 1.13 bits per heavy atom. The quantitative estimate of drug-likeness (QED) is 0.222. The Morgan fingerprint density at radius 1 is 0.487 bits per heavy atom. The molecule has 0 radical (unpaired) electrons. The third-order valence-corrected chi connectivity index (χ3v) is 8.02. The molecule has 3 heteroatoms. The lowest BCUT2D eigenvalue weighted by Gasteiger charge is -2.15. The molecular formula is C36H24N2O. The fraction of sp³-hybridized carbons (Fsp3) is 0.0556. The molecular weight excluding hydrogens is 476 g/mol. The van der Waals surface area contributed by atoms with E-state index in [1.54, 1.807) is 12.4 Å². The fourth-order valence-corrected chi connectivity index (χ4v) is 6.17. The average Bonchev–Trinajstić information content (AvgIpc) is 3.37. The molecule has 0 saturated heterocycles. The van der Waals surface area contributed by atoms with Crippen LogP contribution in [0.3, 0.4) is 0 Å². The molecule has 184 valence electrons. The van der Waals surface area contributed by atoms with Gasteiger partial charge in [0.2, 0.25) is 0 Å². The minimum absolute atomic E-state index is 0.923. The van der Waals surface area contributed by atoms with Crippen LogP contribution in [0.25, 0.3) is 76.8 Å². The third-order valence-electron chi connectivity index (χ3n) is 8.02. The lowest BCUT2D eigenvalue weighted by molar-refractivity contribution is 0.670. The number of para-hydroxylation sites is 2. The summed E-state index contributed by atoms with van der Waals surface area (Å²) in [5.74, 6) is 0. The monoisotopic (exact) mass is 500 g/mol. The van der Waals surface area contributed by atoms with Crippen molar-refractivity contribution in [3.63, 3.8) is 0 Å². The molecule has 0 atom stereocenters. The van der Waals surface area contributed by atoms with Gasteiger partial charge in [-0.15, -0.1) is 0 Å². The van der Waals surface area contributed by atoms with E-state index in [0.717, 1.165) is 49.3 Å². The molecule has 0 fully saturated rings. The van der Waals surface area contributed by atoms with Gasteiger partial charge in [-0.1, -0.05) is 84.9 Å². The second kappa shape index (κ2) is 8.24. The van der Waals surface area contributed by atoms with Crippen molar-refractivity contribution in [1.29, 1.82) is 0 Å². The van der Waals surface area contributed by atoms with Crippen molar-refractivity contribution in [2.75, 3.05) is 0 Å². The average molecular weight is 501 g/mol. The summed E-state index contributed by atoms with van der Waals surface area (Å²) in [4.78, 5) is 9.38. The minimum Gasteiger partial charge on any atom is -0.455 e. The number of aromatic nitrogens is 2. The first-order chi connectivity index (χ1) is 19.2. The normalized spacial score (nSPS) is 11.8. The molecule has 0 aliphatic carbocycles. The van der Waals surface area contributed by atoms with E-state index in [-0.39, 0.29) is 0 Å². The topological polar surface area (TPSA) is 38.9 Å². The molecule has 39 heavy (non-hydrogen) atoms. The SMILES string of the molecule is Cc1cc(-c2cccc3c2oc2ccccc23)c(C)cc1-c1ccc2c(c1)c1ccccc1c1nccnc21. The molecule has 8 aromatic rings. The summed E-state index contributed by atoms with van der Waals surface area (Å²) in [6, 6.07) is 34.5. The lowest BCUT2D eigenvalue weighted by Crippen LogP contribution is -1.92. The maximum Gasteiger partial charge on any atom is 0.143 e. The molecule has 0 aliphatic rings. The van der Waals surface area contributed by atoms with Crippen LogP contribution in [0.4, 0.5) is 0 Å². The highest BCUT2D eigenvalue weighted by Gasteiger charge is 2.16. The first-order valence-corrected chi connectivity index (χ1v) is 13.2. The van der Waals surface area contributed by atoms with Gasteiger partial charge in [-0.05, 0) is 64.6 Å². The van der Waals surface area contributed by atoms with Crippen molar-refractivity contribution >= 4 is 54.5 Å². The molecule has 2 heterocycles. The Balaban J connectivity index is 1.33. The molecule has 3 nitrogen and oxygen atoms in total. The molecule has 0 spiro atoms. The predicted octanol–water partition coefficient (Wildman–Crippen LogP) is 9.79. The van der Waals surface area contributed by atoms with E-state index in [0.29, 0.717) is 0 Å². The molecule has 0 amide bonds. The van der Waals surface area contributed by atoms with Crippen LogP contribution in [-0.2, 0) is 0 Å². The van der Waals surface area contributed by atoms with Crippen molar-refractivity contribution in [2.24, 2.45) is 0 Å². The van der Waals surface area contributed by atoms with Gasteiger partial charge in [0.1, 0.15) is 11.2 Å². The van der Waals surface area contributed by atoms with Gasteiger partial charge in [0, 0.05) is 39.5 Å². The minimum atomic E-state index is 0.923. The van der Waals surface area contributed by atoms with Crippen LogP contribution in [0.15, 0.2) is 114 Å². The zero-order chi connectivity index (χ0) is 26.1. The van der Waals surface area contributed by atoms with E-state index in [9.17, 15) is 0 Å². The van der Waals surface area contributed by atoms with Crippen LogP contribution in [0.2, 0.25) is 0 Å². The number of fused-ring (bicyclic) bond motifs is 9. The van der Waals surface area contributed by atoms with E-state index in [2.05, 4.69) is 104 Å². The van der Waals surface area contributed by atoms with E-state index < -0.39 is 0 Å². The van der Waals surface area contributed by atoms with E-state index in [1.165, 1.54) is 38.6 Å². The van der Waals surface area contributed by atoms with Gasteiger partial charge < -0.3 is 4.42 Å². The summed E-state index contributed by atoms with van der Waals surface area (Å²) in [7, 11) is 0. The highest BCUT2D eigenvalue weighted by atomic mass is 16.3. The van der Waals surface area contributed by atoms with E-state index in [4.69, 9.17) is 9.40 Å². The Labute approximate surface area is 225 Å². The van der Waals surface area contributed by atoms with Crippen molar-refractivity contribution in [2.45, 2.75) is 13.8 Å². The number of hydrogen-bond acceptors (Lipinski definition) is 3. The van der Waals surface area contributed by atoms with E-state index in [1.807, 2.05) is 12.1 Å². The fourth-order valence-electron chi connectivity index (χ4n) is 6.17. The summed E-state index contributed by atoms with van der Waals surface area (Å²) in [5, 5.41) is 6.96. The lowest BCUT2D eigenvalue weighted by atomic mass is 9.89. The van der Waals surface area contributed by atoms with Crippen molar-refractivity contribution < 1.29 is 4.42 Å². The Kier molecular flexibility index (Phi) is 4.65. The first-order valence-electron chi connectivity index (χ1n) is 13.2. The van der Waals surface area contributed by atoms with Crippen LogP contribution in [0, 0.1) is 13.8 Å². The predicted molar refractivity (Wildman–Crippen MR) is 162 cm³/mol. The second-order valence-corrected chi connectivity index (χ2v) is 10.3. The van der Waals surface area contributed by atoms with Gasteiger partial charge in [0.15, 0.2) is 0 Å². The molecule has 0 aliphatic heterocycles. The van der Waals surface area contributed by atoms with E-state index >= 15 is 0 Å². The van der Waals surface area contributed by atoms with Crippen LogP contribution in [0.1, 0.15) is 11.1 Å². The van der Waals surface area contributed by atoms with Crippen LogP contribution in [0.5, 0.6) is 0 Å². The van der Waals surface area contributed by atoms with Gasteiger partial charge in [-0.25, -0.2) is 0 Å². The summed E-state index contributed by atoms with van der Waals surface area (Å²) < 4.78 is 6.36. The maximum absolute atomic E-state index is 6.36. The molecule has 0 bridgehead atoms. The van der Waals surface area contributed by atoms with Gasteiger partial charge in [-0.2, -0.15) is 0 Å². The maximum atomic E-state index is 6.36.